The summed E-state index contributed by atoms with van der Waals surface area (Å²) in [5, 5.41) is 1.70. The number of benzene rings is 1. The van der Waals surface area contributed by atoms with E-state index in [1.54, 1.807) is 4.90 Å². The molecule has 1 heterocycles. The fraction of sp³-hybridized carbons (Fsp3) is 0.533. The maximum atomic E-state index is 12.6. The maximum absolute atomic E-state index is 12.6. The molecule has 2 atom stereocenters. The highest BCUT2D eigenvalue weighted by molar-refractivity contribution is 8.01. The lowest BCUT2D eigenvalue weighted by atomic mass is 10.1. The van der Waals surface area contributed by atoms with Crippen LogP contribution in [-0.4, -0.2) is 36.2 Å². The predicted octanol–water partition coefficient (Wildman–Crippen LogP) is 2.25. The van der Waals surface area contributed by atoms with Crippen molar-refractivity contribution in [2.24, 2.45) is 0 Å². The number of hydrogen-bond acceptors (Lipinski definition) is 2. The first-order valence-electron chi connectivity index (χ1n) is 7.25. The molecule has 122 valence electrons. The molecule has 0 unspecified atom stereocenters. The summed E-state index contributed by atoms with van der Waals surface area (Å²) < 4.78 is 37.9. The Bertz CT molecular complexity index is 519. The van der Waals surface area contributed by atoms with Crippen molar-refractivity contribution in [2.45, 2.75) is 30.1 Å². The SMILES string of the molecule is C[NH2+]CCCN1C(=O)[C@H](C)S[C@H]1c1ccc(C(F)(F)F)cc1. The van der Waals surface area contributed by atoms with Crippen LogP contribution >= 0.6 is 11.8 Å². The molecule has 1 amide bonds. The van der Waals surface area contributed by atoms with Crippen LogP contribution in [0.25, 0.3) is 0 Å². The molecule has 22 heavy (non-hydrogen) atoms. The van der Waals surface area contributed by atoms with Crippen molar-refractivity contribution in [1.82, 2.24) is 4.90 Å². The van der Waals surface area contributed by atoms with Gasteiger partial charge in [-0.15, -0.1) is 11.8 Å². The Balaban J connectivity index is 2.16. The van der Waals surface area contributed by atoms with E-state index in [1.807, 2.05) is 19.3 Å². The van der Waals surface area contributed by atoms with Crippen LogP contribution in [0.1, 0.15) is 29.8 Å². The number of alkyl halides is 3. The molecule has 0 bridgehead atoms. The van der Waals surface area contributed by atoms with Gasteiger partial charge in [0.05, 0.1) is 24.4 Å². The van der Waals surface area contributed by atoms with Gasteiger partial charge in [0, 0.05) is 13.0 Å². The minimum atomic E-state index is -4.33. The summed E-state index contributed by atoms with van der Waals surface area (Å²) >= 11 is 1.49. The van der Waals surface area contributed by atoms with Crippen molar-refractivity contribution in [1.29, 1.82) is 0 Å². The Hall–Kier alpha value is -1.21. The third kappa shape index (κ3) is 3.76. The zero-order chi connectivity index (χ0) is 16.3. The van der Waals surface area contributed by atoms with E-state index in [-0.39, 0.29) is 16.5 Å². The summed E-state index contributed by atoms with van der Waals surface area (Å²) in [4.78, 5) is 14.0. The fourth-order valence-corrected chi connectivity index (χ4v) is 3.77. The minimum Gasteiger partial charge on any atom is -0.349 e. The van der Waals surface area contributed by atoms with Gasteiger partial charge in [-0.3, -0.25) is 4.79 Å². The molecule has 2 rings (SSSR count). The molecule has 0 saturated carbocycles. The lowest BCUT2D eigenvalue weighted by Gasteiger charge is -2.24. The van der Waals surface area contributed by atoms with Crippen LogP contribution < -0.4 is 5.32 Å². The van der Waals surface area contributed by atoms with E-state index in [0.29, 0.717) is 6.54 Å². The average molecular weight is 333 g/mol. The first-order chi connectivity index (χ1) is 10.3. The van der Waals surface area contributed by atoms with Crippen LogP contribution in [0, 0.1) is 0 Å². The zero-order valence-corrected chi connectivity index (χ0v) is 13.4. The second-order valence-electron chi connectivity index (χ2n) is 5.33. The van der Waals surface area contributed by atoms with Gasteiger partial charge in [-0.25, -0.2) is 0 Å². The summed E-state index contributed by atoms with van der Waals surface area (Å²) in [7, 11) is 1.97. The highest BCUT2D eigenvalue weighted by Crippen LogP contribution is 2.43. The van der Waals surface area contributed by atoms with Crippen LogP contribution in [-0.2, 0) is 11.0 Å². The molecule has 7 heteroatoms. The van der Waals surface area contributed by atoms with Crippen LogP contribution in [0.5, 0.6) is 0 Å². The Morgan fingerprint density at radius 1 is 1.27 bits per heavy atom. The Morgan fingerprint density at radius 2 is 1.91 bits per heavy atom. The van der Waals surface area contributed by atoms with Gasteiger partial charge in [0.2, 0.25) is 5.91 Å². The third-order valence-electron chi connectivity index (χ3n) is 3.66. The third-order valence-corrected chi connectivity index (χ3v) is 5.06. The minimum absolute atomic E-state index is 0.0611. The first kappa shape index (κ1) is 17.1. The van der Waals surface area contributed by atoms with Crippen molar-refractivity contribution in [3.05, 3.63) is 35.4 Å². The van der Waals surface area contributed by atoms with Gasteiger partial charge in [-0.2, -0.15) is 13.2 Å². The normalized spacial score (nSPS) is 22.4. The Morgan fingerprint density at radius 3 is 2.45 bits per heavy atom. The van der Waals surface area contributed by atoms with Crippen molar-refractivity contribution >= 4 is 17.7 Å². The number of carbonyl (C=O) groups is 1. The van der Waals surface area contributed by atoms with Crippen molar-refractivity contribution < 1.29 is 23.3 Å². The van der Waals surface area contributed by atoms with E-state index in [2.05, 4.69) is 0 Å². The lowest BCUT2D eigenvalue weighted by molar-refractivity contribution is -0.627. The lowest BCUT2D eigenvalue weighted by Crippen LogP contribution is -2.79. The van der Waals surface area contributed by atoms with E-state index in [4.69, 9.17) is 0 Å². The summed E-state index contributed by atoms with van der Waals surface area (Å²) in [6.07, 6.45) is -3.46. The standard InChI is InChI=1S/C15H19F3N2OS/c1-10-13(21)20(9-3-8-19-2)14(22-10)11-4-6-12(7-5-11)15(16,17)18/h4-7,10,14,19H,3,8-9H2,1-2H3/p+1/t10-,14-/m0/s1. The van der Waals surface area contributed by atoms with Gasteiger partial charge in [0.25, 0.3) is 0 Å². The van der Waals surface area contributed by atoms with E-state index in [1.165, 1.54) is 23.9 Å². The van der Waals surface area contributed by atoms with E-state index in [0.717, 1.165) is 30.7 Å². The number of carbonyl (C=O) groups excluding carboxylic acids is 1. The summed E-state index contributed by atoms with van der Waals surface area (Å²) in [6, 6.07) is 5.12. The van der Waals surface area contributed by atoms with Gasteiger partial charge in [-0.1, -0.05) is 12.1 Å². The second kappa shape index (κ2) is 6.91. The van der Waals surface area contributed by atoms with E-state index < -0.39 is 11.7 Å². The highest BCUT2D eigenvalue weighted by atomic mass is 32.2. The molecule has 1 aliphatic rings. The molecule has 0 aromatic heterocycles. The number of halogens is 3. The van der Waals surface area contributed by atoms with Gasteiger partial charge in [0.1, 0.15) is 5.37 Å². The molecule has 1 aliphatic heterocycles. The van der Waals surface area contributed by atoms with Crippen LogP contribution in [0.3, 0.4) is 0 Å². The summed E-state index contributed by atoms with van der Waals surface area (Å²) in [6.45, 7) is 3.39. The molecule has 0 spiro atoms. The molecule has 0 aliphatic carbocycles. The molecule has 1 fully saturated rings. The van der Waals surface area contributed by atoms with Crippen molar-refractivity contribution in [3.63, 3.8) is 0 Å². The Kier molecular flexibility index (Phi) is 5.39. The number of nitrogens with zero attached hydrogens (tertiary/aromatic N) is 1. The molecule has 1 aromatic carbocycles. The smallest absolute Gasteiger partial charge is 0.349 e. The molecule has 3 nitrogen and oxygen atoms in total. The number of rotatable bonds is 5. The van der Waals surface area contributed by atoms with Gasteiger partial charge < -0.3 is 10.2 Å². The van der Waals surface area contributed by atoms with E-state index in [9.17, 15) is 18.0 Å². The number of nitrogens with two attached hydrogens (primary N) is 1. The van der Waals surface area contributed by atoms with Crippen molar-refractivity contribution in [3.8, 4) is 0 Å². The van der Waals surface area contributed by atoms with Crippen LogP contribution in [0.4, 0.5) is 13.2 Å². The molecule has 1 aromatic rings. The molecule has 0 radical (unpaired) electrons. The molecule has 2 N–H and O–H groups in total. The quantitative estimate of drug-likeness (QED) is 0.839. The topological polar surface area (TPSA) is 36.9 Å². The van der Waals surface area contributed by atoms with Gasteiger partial charge in [0.15, 0.2) is 0 Å². The zero-order valence-electron chi connectivity index (χ0n) is 12.6. The largest absolute Gasteiger partial charge is 0.416 e. The van der Waals surface area contributed by atoms with Gasteiger partial charge in [-0.05, 0) is 24.6 Å². The van der Waals surface area contributed by atoms with Gasteiger partial charge >= 0.3 is 6.18 Å². The second-order valence-corrected chi connectivity index (χ2v) is 6.76. The Labute approximate surface area is 132 Å². The molecular weight excluding hydrogens is 313 g/mol. The predicted molar refractivity (Wildman–Crippen MR) is 80.3 cm³/mol. The number of thioether (sulfide) groups is 1. The molecule has 1 saturated heterocycles. The summed E-state index contributed by atoms with van der Waals surface area (Å²) in [5.74, 6) is 0.0611. The van der Waals surface area contributed by atoms with Crippen LogP contribution in [0.15, 0.2) is 24.3 Å². The van der Waals surface area contributed by atoms with Crippen LogP contribution in [0.2, 0.25) is 0 Å². The maximum Gasteiger partial charge on any atom is 0.416 e. The molecular formula is C15H20F3N2OS+. The number of hydrogen-bond donors (Lipinski definition) is 1. The first-order valence-corrected chi connectivity index (χ1v) is 8.19. The van der Waals surface area contributed by atoms with Crippen molar-refractivity contribution in [2.75, 3.05) is 20.1 Å². The monoisotopic (exact) mass is 333 g/mol. The number of quaternary nitrogens is 1. The highest BCUT2D eigenvalue weighted by Gasteiger charge is 2.38. The fourth-order valence-electron chi connectivity index (χ4n) is 2.46. The number of amides is 1. The average Bonchev–Trinajstić information content (AvgIpc) is 2.75. The summed E-state index contributed by atoms with van der Waals surface area (Å²) in [5.41, 5.74) is 0.0851. The van der Waals surface area contributed by atoms with E-state index >= 15 is 0 Å².